The van der Waals surface area contributed by atoms with Crippen molar-refractivity contribution in [1.29, 1.82) is 0 Å². The molecule has 1 aliphatic rings. The molecule has 0 radical (unpaired) electrons. The summed E-state index contributed by atoms with van der Waals surface area (Å²) in [5.74, 6) is -1.99. The van der Waals surface area contributed by atoms with Crippen molar-refractivity contribution in [3.05, 3.63) is 72.4 Å². The Morgan fingerprint density at radius 3 is 2.47 bits per heavy atom. The Hall–Kier alpha value is -4.00. The number of benzene rings is 2. The Morgan fingerprint density at radius 1 is 0.969 bits per heavy atom. The fourth-order valence-corrected chi connectivity index (χ4v) is 4.28. The predicted molar refractivity (Wildman–Crippen MR) is 120 cm³/mol. The molecule has 0 bridgehead atoms. The molecule has 1 saturated carbocycles. The first-order valence-electron chi connectivity index (χ1n) is 10.5. The molecule has 2 aromatic carbocycles. The van der Waals surface area contributed by atoms with Gasteiger partial charge in [-0.15, -0.1) is 0 Å². The van der Waals surface area contributed by atoms with Gasteiger partial charge in [-0.3, -0.25) is 14.6 Å². The van der Waals surface area contributed by atoms with Crippen LogP contribution in [0.25, 0.3) is 22.4 Å². The number of carbonyl (C=O) groups excluding carboxylic acids is 1. The molecule has 4 aromatic rings. The number of aromatic nitrogens is 2. The van der Waals surface area contributed by atoms with Gasteiger partial charge in [-0.05, 0) is 37.1 Å². The summed E-state index contributed by atoms with van der Waals surface area (Å²) in [5.41, 5.74) is 4.41. The maximum Gasteiger partial charge on any atom is 0.307 e. The molecule has 2 unspecified atom stereocenters. The number of rotatable bonds is 6. The Labute approximate surface area is 184 Å². The van der Waals surface area contributed by atoms with E-state index in [1.54, 1.807) is 18.3 Å². The summed E-state index contributed by atoms with van der Waals surface area (Å²) in [6.45, 7) is 0. The first kappa shape index (κ1) is 19.9. The number of carboxylic acid groups (broad SMARTS) is 1. The fourth-order valence-electron chi connectivity index (χ4n) is 4.28. The van der Waals surface area contributed by atoms with Crippen LogP contribution in [0.15, 0.2) is 71.3 Å². The van der Waals surface area contributed by atoms with Crippen molar-refractivity contribution >= 4 is 34.6 Å². The van der Waals surface area contributed by atoms with Crippen LogP contribution in [0.2, 0.25) is 0 Å². The van der Waals surface area contributed by atoms with Crippen molar-refractivity contribution in [2.24, 2.45) is 11.8 Å². The number of hydrogen-bond acceptors (Lipinski definition) is 6. The number of ketones is 1. The Morgan fingerprint density at radius 2 is 1.75 bits per heavy atom. The van der Waals surface area contributed by atoms with Crippen LogP contribution in [-0.4, -0.2) is 26.8 Å². The largest absolute Gasteiger partial charge is 0.481 e. The summed E-state index contributed by atoms with van der Waals surface area (Å²) in [6, 6.07) is 18.9. The lowest BCUT2D eigenvalue weighted by molar-refractivity contribution is -0.142. The Balaban J connectivity index is 1.29. The second-order valence-corrected chi connectivity index (χ2v) is 7.97. The highest BCUT2D eigenvalue weighted by atomic mass is 16.4. The first-order valence-corrected chi connectivity index (χ1v) is 10.5. The van der Waals surface area contributed by atoms with Gasteiger partial charge >= 0.3 is 5.97 Å². The van der Waals surface area contributed by atoms with E-state index in [-0.39, 0.29) is 5.78 Å². The van der Waals surface area contributed by atoms with Crippen LogP contribution in [0, 0.1) is 11.8 Å². The zero-order valence-electron chi connectivity index (χ0n) is 17.2. The van der Waals surface area contributed by atoms with E-state index in [9.17, 15) is 14.7 Å². The molecular formula is C25H21N3O4. The smallest absolute Gasteiger partial charge is 0.307 e. The second kappa shape index (κ2) is 8.26. The molecule has 2 N–H and O–H groups in total. The maximum atomic E-state index is 12.8. The average molecular weight is 427 g/mol. The summed E-state index contributed by atoms with van der Waals surface area (Å²) in [5, 5.41) is 12.5. The summed E-state index contributed by atoms with van der Waals surface area (Å²) < 4.78 is 5.67. The van der Waals surface area contributed by atoms with E-state index in [0.29, 0.717) is 30.0 Å². The van der Waals surface area contributed by atoms with Gasteiger partial charge in [-0.1, -0.05) is 42.8 Å². The van der Waals surface area contributed by atoms with Crippen LogP contribution in [0.3, 0.4) is 0 Å². The molecule has 7 heteroatoms. The Kier molecular flexibility index (Phi) is 5.15. The van der Waals surface area contributed by atoms with E-state index in [1.165, 1.54) is 0 Å². The van der Waals surface area contributed by atoms with Crippen LogP contribution in [0.4, 0.5) is 11.7 Å². The van der Waals surface area contributed by atoms with E-state index >= 15 is 0 Å². The van der Waals surface area contributed by atoms with Crippen LogP contribution in [-0.2, 0) is 4.79 Å². The van der Waals surface area contributed by atoms with Crippen molar-refractivity contribution in [2.45, 2.75) is 19.3 Å². The van der Waals surface area contributed by atoms with Crippen molar-refractivity contribution in [2.75, 3.05) is 5.32 Å². The summed E-state index contributed by atoms with van der Waals surface area (Å²) in [6.07, 6.45) is 3.67. The molecule has 1 aliphatic carbocycles. The van der Waals surface area contributed by atoms with Gasteiger partial charge in [-0.25, -0.2) is 0 Å². The number of nitrogens with one attached hydrogen (secondary N) is 1. The van der Waals surface area contributed by atoms with E-state index in [4.69, 9.17) is 4.42 Å². The molecule has 1 fully saturated rings. The second-order valence-electron chi connectivity index (χ2n) is 7.97. The number of carboxylic acids is 1. The highest BCUT2D eigenvalue weighted by molar-refractivity contribution is 6.00. The number of fused-ring (bicyclic) bond motifs is 1. The van der Waals surface area contributed by atoms with Gasteiger partial charge in [0.15, 0.2) is 11.4 Å². The number of aliphatic carboxylic acids is 1. The average Bonchev–Trinajstić information content (AvgIpc) is 3.46. The normalized spacial score (nSPS) is 18.0. The van der Waals surface area contributed by atoms with E-state index in [2.05, 4.69) is 15.3 Å². The van der Waals surface area contributed by atoms with Crippen molar-refractivity contribution in [3.8, 4) is 11.3 Å². The minimum atomic E-state index is -0.881. The fraction of sp³-hybridized carbons (Fsp3) is 0.200. The highest BCUT2D eigenvalue weighted by Crippen LogP contribution is 2.34. The lowest BCUT2D eigenvalue weighted by atomic mass is 9.88. The van der Waals surface area contributed by atoms with Crippen LogP contribution in [0.1, 0.15) is 29.6 Å². The molecule has 160 valence electrons. The summed E-state index contributed by atoms with van der Waals surface area (Å²) in [7, 11) is 0. The lowest BCUT2D eigenvalue weighted by Gasteiger charge is -2.14. The Bertz CT molecular complexity index is 1250. The summed E-state index contributed by atoms with van der Waals surface area (Å²) in [4.78, 5) is 33.1. The third-order valence-electron chi connectivity index (χ3n) is 5.94. The minimum Gasteiger partial charge on any atom is -0.481 e. The molecule has 2 heterocycles. The molecule has 0 aliphatic heterocycles. The quantitative estimate of drug-likeness (QED) is 0.401. The number of hydrogen-bond donors (Lipinski definition) is 2. The standard InChI is InChI=1S/C25H21N3O4/c29-23(18-4-3-5-19(18)24(30)31)16-10-8-15(9-11-16)20-13-12-17(14-26-20)27-25-28-21-6-1-2-7-22(21)32-25/h1-2,6-14,18-19H,3-5H2,(H,27,28)(H,30,31). The molecule has 2 atom stereocenters. The number of Topliss-reactive ketones (excluding diaryl/α,β-unsaturated/α-hetero) is 1. The lowest BCUT2D eigenvalue weighted by Crippen LogP contribution is -2.25. The molecular weight excluding hydrogens is 406 g/mol. The first-order chi connectivity index (χ1) is 15.6. The minimum absolute atomic E-state index is 0.0905. The van der Waals surface area contributed by atoms with Gasteiger partial charge < -0.3 is 14.8 Å². The van der Waals surface area contributed by atoms with Gasteiger partial charge in [0.05, 0.1) is 23.5 Å². The topological polar surface area (TPSA) is 105 Å². The number of nitrogens with zero attached hydrogens (tertiary/aromatic N) is 2. The number of pyridine rings is 1. The number of oxazole rings is 1. The van der Waals surface area contributed by atoms with E-state index < -0.39 is 17.8 Å². The molecule has 7 nitrogen and oxygen atoms in total. The number of anilines is 2. The molecule has 32 heavy (non-hydrogen) atoms. The third-order valence-corrected chi connectivity index (χ3v) is 5.94. The molecule has 0 spiro atoms. The van der Waals surface area contributed by atoms with Gasteiger partial charge in [0.2, 0.25) is 0 Å². The number of para-hydroxylation sites is 2. The SMILES string of the molecule is O=C(O)C1CCCC1C(=O)c1ccc(-c2ccc(Nc3nc4ccccc4o3)cn2)cc1. The third kappa shape index (κ3) is 3.85. The molecule has 2 aromatic heterocycles. The maximum absolute atomic E-state index is 12.8. The van der Waals surface area contributed by atoms with E-state index in [1.807, 2.05) is 48.5 Å². The molecule has 0 saturated heterocycles. The van der Waals surface area contributed by atoms with Crippen molar-refractivity contribution in [1.82, 2.24) is 9.97 Å². The summed E-state index contributed by atoms with van der Waals surface area (Å²) >= 11 is 0. The van der Waals surface area contributed by atoms with Gasteiger partial charge in [0, 0.05) is 17.0 Å². The predicted octanol–water partition coefficient (Wildman–Crippen LogP) is 5.32. The van der Waals surface area contributed by atoms with Crippen molar-refractivity contribution in [3.63, 3.8) is 0 Å². The van der Waals surface area contributed by atoms with Gasteiger partial charge in [-0.2, -0.15) is 4.98 Å². The molecule has 5 rings (SSSR count). The zero-order valence-corrected chi connectivity index (χ0v) is 17.2. The highest BCUT2D eigenvalue weighted by Gasteiger charge is 2.37. The zero-order chi connectivity index (χ0) is 22.1. The monoisotopic (exact) mass is 427 g/mol. The van der Waals surface area contributed by atoms with E-state index in [0.717, 1.165) is 28.9 Å². The van der Waals surface area contributed by atoms with Crippen LogP contribution in [0.5, 0.6) is 0 Å². The van der Waals surface area contributed by atoms with Crippen LogP contribution < -0.4 is 5.32 Å². The molecule has 0 amide bonds. The number of carbonyl (C=O) groups is 2. The van der Waals surface area contributed by atoms with Gasteiger partial charge in [0.25, 0.3) is 6.01 Å². The van der Waals surface area contributed by atoms with Crippen molar-refractivity contribution < 1.29 is 19.1 Å². The van der Waals surface area contributed by atoms with Crippen LogP contribution >= 0.6 is 0 Å². The van der Waals surface area contributed by atoms with Gasteiger partial charge in [0.1, 0.15) is 5.52 Å².